The highest BCUT2D eigenvalue weighted by Gasteiger charge is 2.08. The number of rotatable bonds is 8. The molecule has 134 valence electrons. The van der Waals surface area contributed by atoms with Crippen molar-refractivity contribution in [3.05, 3.63) is 76.8 Å². The van der Waals surface area contributed by atoms with Crippen molar-refractivity contribution in [1.29, 1.82) is 0 Å². The maximum Gasteiger partial charge on any atom is 0.258 e. The molecule has 0 spiro atoms. The highest BCUT2D eigenvalue weighted by atomic mass is 79.9. The minimum atomic E-state index is -0.173. The third-order valence-electron chi connectivity index (χ3n) is 3.87. The van der Waals surface area contributed by atoms with E-state index in [-0.39, 0.29) is 12.5 Å². The number of benzene rings is 3. The maximum atomic E-state index is 11.9. The van der Waals surface area contributed by atoms with Gasteiger partial charge in [-0.25, -0.2) is 0 Å². The van der Waals surface area contributed by atoms with Gasteiger partial charge in [0, 0.05) is 6.54 Å². The Hall–Kier alpha value is -2.37. The van der Waals surface area contributed by atoms with E-state index in [2.05, 4.69) is 21.2 Å². The quantitative estimate of drug-likeness (QED) is 0.559. The molecule has 3 aromatic rings. The lowest BCUT2D eigenvalue weighted by Crippen LogP contribution is -2.31. The van der Waals surface area contributed by atoms with Crippen LogP contribution in [0.25, 0.3) is 10.8 Å². The highest BCUT2D eigenvalue weighted by Crippen LogP contribution is 2.32. The number of hydrogen-bond donors (Lipinski definition) is 1. The van der Waals surface area contributed by atoms with Crippen LogP contribution in [0.5, 0.6) is 5.75 Å². The molecule has 4 nitrogen and oxygen atoms in total. The van der Waals surface area contributed by atoms with Crippen molar-refractivity contribution in [1.82, 2.24) is 5.32 Å². The van der Waals surface area contributed by atoms with E-state index in [4.69, 9.17) is 9.47 Å². The van der Waals surface area contributed by atoms with E-state index >= 15 is 0 Å². The number of halogens is 1. The molecule has 0 unspecified atom stereocenters. The fourth-order valence-electron chi connectivity index (χ4n) is 2.55. The van der Waals surface area contributed by atoms with Crippen LogP contribution >= 0.6 is 15.9 Å². The maximum absolute atomic E-state index is 11.9. The topological polar surface area (TPSA) is 47.6 Å². The Balaban J connectivity index is 1.39. The van der Waals surface area contributed by atoms with Crippen LogP contribution in [0.15, 0.2) is 71.2 Å². The SMILES string of the molecule is O=C(COc1ccc2ccccc2c1Br)NCCOCc1ccccc1. The Kier molecular flexibility index (Phi) is 6.63. The minimum Gasteiger partial charge on any atom is -0.483 e. The molecule has 0 aromatic heterocycles. The first-order chi connectivity index (χ1) is 12.7. The van der Waals surface area contributed by atoms with Crippen molar-refractivity contribution < 1.29 is 14.3 Å². The van der Waals surface area contributed by atoms with E-state index in [1.165, 1.54) is 0 Å². The zero-order chi connectivity index (χ0) is 18.2. The van der Waals surface area contributed by atoms with Gasteiger partial charge in [0.05, 0.1) is 17.7 Å². The van der Waals surface area contributed by atoms with E-state index in [1.807, 2.05) is 66.7 Å². The second kappa shape index (κ2) is 9.36. The van der Waals surface area contributed by atoms with Gasteiger partial charge in [-0.05, 0) is 38.3 Å². The van der Waals surface area contributed by atoms with Crippen molar-refractivity contribution in [2.24, 2.45) is 0 Å². The average Bonchev–Trinajstić information content (AvgIpc) is 2.68. The van der Waals surface area contributed by atoms with Crippen LogP contribution < -0.4 is 10.1 Å². The summed E-state index contributed by atoms with van der Waals surface area (Å²) in [4.78, 5) is 11.9. The molecule has 0 saturated carbocycles. The number of hydrogen-bond acceptors (Lipinski definition) is 3. The second-order valence-electron chi connectivity index (χ2n) is 5.78. The second-order valence-corrected chi connectivity index (χ2v) is 6.57. The van der Waals surface area contributed by atoms with Crippen LogP contribution in [0.1, 0.15) is 5.56 Å². The third kappa shape index (κ3) is 5.07. The van der Waals surface area contributed by atoms with Gasteiger partial charge in [-0.15, -0.1) is 0 Å². The lowest BCUT2D eigenvalue weighted by Gasteiger charge is -2.11. The van der Waals surface area contributed by atoms with Crippen LogP contribution in [-0.2, 0) is 16.1 Å². The van der Waals surface area contributed by atoms with E-state index < -0.39 is 0 Å². The Labute approximate surface area is 161 Å². The summed E-state index contributed by atoms with van der Waals surface area (Å²) in [7, 11) is 0. The van der Waals surface area contributed by atoms with E-state index in [0.717, 1.165) is 20.8 Å². The molecule has 1 amide bonds. The van der Waals surface area contributed by atoms with Gasteiger partial charge >= 0.3 is 0 Å². The summed E-state index contributed by atoms with van der Waals surface area (Å²) in [5, 5.41) is 4.96. The number of carbonyl (C=O) groups excluding carboxylic acids is 1. The summed E-state index contributed by atoms with van der Waals surface area (Å²) in [5.74, 6) is 0.479. The summed E-state index contributed by atoms with van der Waals surface area (Å²) in [5.41, 5.74) is 1.11. The summed E-state index contributed by atoms with van der Waals surface area (Å²) < 4.78 is 12.0. The number of fused-ring (bicyclic) bond motifs is 1. The van der Waals surface area contributed by atoms with Gasteiger partial charge in [0.1, 0.15) is 5.75 Å². The lowest BCUT2D eigenvalue weighted by molar-refractivity contribution is -0.123. The third-order valence-corrected chi connectivity index (χ3v) is 4.68. The first-order valence-corrected chi connectivity index (χ1v) is 9.22. The fourth-order valence-corrected chi connectivity index (χ4v) is 3.15. The van der Waals surface area contributed by atoms with Gasteiger partial charge in [0.2, 0.25) is 0 Å². The van der Waals surface area contributed by atoms with Crippen LogP contribution in [0.3, 0.4) is 0 Å². The molecule has 3 rings (SSSR count). The lowest BCUT2D eigenvalue weighted by atomic mass is 10.1. The highest BCUT2D eigenvalue weighted by molar-refractivity contribution is 9.10. The first kappa shape index (κ1) is 18.4. The molecular formula is C21H20BrNO3. The Morgan fingerprint density at radius 3 is 2.58 bits per heavy atom. The largest absolute Gasteiger partial charge is 0.483 e. The molecule has 5 heteroatoms. The molecule has 26 heavy (non-hydrogen) atoms. The van der Waals surface area contributed by atoms with Gasteiger partial charge in [-0.1, -0.05) is 60.7 Å². The summed E-state index contributed by atoms with van der Waals surface area (Å²) in [6, 6.07) is 21.8. The zero-order valence-electron chi connectivity index (χ0n) is 14.3. The number of amides is 1. The van der Waals surface area contributed by atoms with E-state index in [9.17, 15) is 4.79 Å². The van der Waals surface area contributed by atoms with Crippen molar-refractivity contribution in [3.8, 4) is 5.75 Å². The predicted octanol–water partition coefficient (Wildman–Crippen LogP) is 4.31. The van der Waals surface area contributed by atoms with Gasteiger partial charge < -0.3 is 14.8 Å². The summed E-state index contributed by atoms with van der Waals surface area (Å²) >= 11 is 3.55. The van der Waals surface area contributed by atoms with Crippen molar-refractivity contribution >= 4 is 32.6 Å². The fraction of sp³-hybridized carbons (Fsp3) is 0.190. The number of nitrogens with one attached hydrogen (secondary N) is 1. The summed E-state index contributed by atoms with van der Waals surface area (Å²) in [6.07, 6.45) is 0. The minimum absolute atomic E-state index is 0.0321. The molecule has 0 bridgehead atoms. The Morgan fingerprint density at radius 1 is 0.962 bits per heavy atom. The normalized spacial score (nSPS) is 10.7. The molecule has 0 heterocycles. The molecule has 0 aliphatic heterocycles. The number of carbonyl (C=O) groups is 1. The van der Waals surface area contributed by atoms with Gasteiger partial charge in [0.15, 0.2) is 6.61 Å². The Bertz CT molecular complexity index is 868. The van der Waals surface area contributed by atoms with E-state index in [1.54, 1.807) is 0 Å². The monoisotopic (exact) mass is 413 g/mol. The van der Waals surface area contributed by atoms with Crippen LogP contribution in [-0.4, -0.2) is 25.7 Å². The van der Waals surface area contributed by atoms with Crippen molar-refractivity contribution in [3.63, 3.8) is 0 Å². The molecular weight excluding hydrogens is 394 g/mol. The zero-order valence-corrected chi connectivity index (χ0v) is 15.9. The molecule has 0 radical (unpaired) electrons. The smallest absolute Gasteiger partial charge is 0.258 e. The van der Waals surface area contributed by atoms with Gasteiger partial charge in [-0.2, -0.15) is 0 Å². The molecule has 3 aromatic carbocycles. The van der Waals surface area contributed by atoms with Crippen molar-refractivity contribution in [2.45, 2.75) is 6.61 Å². The van der Waals surface area contributed by atoms with Gasteiger partial charge in [-0.3, -0.25) is 4.79 Å². The van der Waals surface area contributed by atoms with Crippen LogP contribution in [0, 0.1) is 0 Å². The molecule has 0 aliphatic carbocycles. The first-order valence-electron chi connectivity index (χ1n) is 8.42. The van der Waals surface area contributed by atoms with Crippen LogP contribution in [0.2, 0.25) is 0 Å². The molecule has 0 aliphatic rings. The van der Waals surface area contributed by atoms with Crippen LogP contribution in [0.4, 0.5) is 0 Å². The number of ether oxygens (including phenoxy) is 2. The predicted molar refractivity (Wildman–Crippen MR) is 106 cm³/mol. The molecule has 0 fully saturated rings. The average molecular weight is 414 g/mol. The molecule has 0 saturated heterocycles. The molecule has 1 N–H and O–H groups in total. The van der Waals surface area contributed by atoms with E-state index in [0.29, 0.717) is 25.5 Å². The Morgan fingerprint density at radius 2 is 1.73 bits per heavy atom. The van der Waals surface area contributed by atoms with Crippen molar-refractivity contribution in [2.75, 3.05) is 19.8 Å². The molecule has 0 atom stereocenters. The summed E-state index contributed by atoms with van der Waals surface area (Å²) in [6.45, 7) is 1.42. The van der Waals surface area contributed by atoms with Gasteiger partial charge in [0.25, 0.3) is 5.91 Å². The standard InChI is InChI=1S/C21H20BrNO3/c22-21-18-9-5-4-8-17(18)10-11-19(21)26-15-20(24)23-12-13-25-14-16-6-2-1-3-7-16/h1-11H,12-15H2,(H,23,24).